The molecule has 0 aliphatic carbocycles. The summed E-state index contributed by atoms with van der Waals surface area (Å²) >= 11 is 1.60. The molecular formula is C12H12N2O3S. The summed E-state index contributed by atoms with van der Waals surface area (Å²) in [5.41, 5.74) is 0.874. The fourth-order valence-corrected chi connectivity index (χ4v) is 2.09. The maximum absolute atomic E-state index is 10.5. The fourth-order valence-electron chi connectivity index (χ4n) is 1.50. The average Bonchev–Trinajstić information content (AvgIpc) is 2.85. The Bertz CT molecular complexity index is 554. The van der Waals surface area contributed by atoms with Crippen molar-refractivity contribution < 1.29 is 14.3 Å². The molecule has 0 amide bonds. The first-order valence-corrected chi connectivity index (χ1v) is 6.60. The van der Waals surface area contributed by atoms with Gasteiger partial charge in [0.05, 0.1) is 12.0 Å². The summed E-state index contributed by atoms with van der Waals surface area (Å²) in [6.07, 6.45) is 2.22. The lowest BCUT2D eigenvalue weighted by Crippen LogP contribution is -1.97. The van der Waals surface area contributed by atoms with E-state index < -0.39 is 5.97 Å². The van der Waals surface area contributed by atoms with E-state index in [-0.39, 0.29) is 12.8 Å². The molecule has 0 saturated heterocycles. The summed E-state index contributed by atoms with van der Waals surface area (Å²) in [6, 6.07) is 7.72. The molecule has 94 valence electrons. The van der Waals surface area contributed by atoms with Crippen LogP contribution in [0.3, 0.4) is 0 Å². The van der Waals surface area contributed by atoms with Gasteiger partial charge in [0, 0.05) is 11.3 Å². The van der Waals surface area contributed by atoms with Gasteiger partial charge in [0.25, 0.3) is 0 Å². The second kappa shape index (κ2) is 5.68. The van der Waals surface area contributed by atoms with Crippen LogP contribution in [0.5, 0.6) is 0 Å². The van der Waals surface area contributed by atoms with Crippen LogP contribution >= 0.6 is 11.8 Å². The quantitative estimate of drug-likeness (QED) is 0.836. The Balaban J connectivity index is 2.21. The summed E-state index contributed by atoms with van der Waals surface area (Å²) < 4.78 is 5.46. The number of rotatable bonds is 5. The van der Waals surface area contributed by atoms with Crippen LogP contribution < -0.4 is 0 Å². The van der Waals surface area contributed by atoms with Crippen molar-refractivity contribution in [1.29, 1.82) is 0 Å². The van der Waals surface area contributed by atoms with Crippen LogP contribution in [0.25, 0.3) is 11.5 Å². The molecule has 0 bridgehead atoms. The molecule has 2 aromatic rings. The maximum atomic E-state index is 10.5. The number of carboxylic acid groups (broad SMARTS) is 1. The molecule has 0 unspecified atom stereocenters. The van der Waals surface area contributed by atoms with Gasteiger partial charge < -0.3 is 9.52 Å². The van der Waals surface area contributed by atoms with Crippen LogP contribution in [0.1, 0.15) is 12.3 Å². The van der Waals surface area contributed by atoms with Gasteiger partial charge in [-0.1, -0.05) is 12.1 Å². The van der Waals surface area contributed by atoms with Crippen molar-refractivity contribution in [1.82, 2.24) is 10.2 Å². The van der Waals surface area contributed by atoms with Crippen LogP contribution in [0.2, 0.25) is 0 Å². The van der Waals surface area contributed by atoms with E-state index >= 15 is 0 Å². The number of hydrogen-bond acceptors (Lipinski definition) is 5. The van der Waals surface area contributed by atoms with E-state index in [1.807, 2.05) is 30.5 Å². The third-order valence-electron chi connectivity index (χ3n) is 2.36. The van der Waals surface area contributed by atoms with E-state index in [0.717, 1.165) is 10.5 Å². The monoisotopic (exact) mass is 264 g/mol. The molecule has 5 nitrogen and oxygen atoms in total. The highest BCUT2D eigenvalue weighted by Gasteiger charge is 2.12. The molecule has 0 aliphatic rings. The highest BCUT2D eigenvalue weighted by Crippen LogP contribution is 2.28. The van der Waals surface area contributed by atoms with Gasteiger partial charge in [0.1, 0.15) is 0 Å². The van der Waals surface area contributed by atoms with Crippen molar-refractivity contribution in [2.75, 3.05) is 6.26 Å². The number of carboxylic acids is 1. The molecule has 0 aliphatic heterocycles. The molecule has 0 fully saturated rings. The lowest BCUT2D eigenvalue weighted by atomic mass is 10.2. The van der Waals surface area contributed by atoms with Crippen molar-refractivity contribution in [3.05, 3.63) is 30.2 Å². The number of aliphatic carboxylic acids is 1. The number of hydrogen-bond donors (Lipinski definition) is 1. The zero-order valence-corrected chi connectivity index (χ0v) is 10.6. The Morgan fingerprint density at radius 2 is 2.17 bits per heavy atom. The molecule has 1 aromatic heterocycles. The highest BCUT2D eigenvalue weighted by molar-refractivity contribution is 7.98. The highest BCUT2D eigenvalue weighted by atomic mass is 32.2. The lowest BCUT2D eigenvalue weighted by Gasteiger charge is -2.01. The molecule has 1 heterocycles. The SMILES string of the molecule is CSc1ccccc1-c1nnc(CCC(=O)O)o1. The number of nitrogens with zero attached hydrogens (tertiary/aromatic N) is 2. The van der Waals surface area contributed by atoms with E-state index in [1.54, 1.807) is 11.8 Å². The topological polar surface area (TPSA) is 76.2 Å². The minimum Gasteiger partial charge on any atom is -0.481 e. The number of aromatic nitrogens is 2. The Morgan fingerprint density at radius 3 is 2.89 bits per heavy atom. The third-order valence-corrected chi connectivity index (χ3v) is 3.15. The zero-order chi connectivity index (χ0) is 13.0. The lowest BCUT2D eigenvalue weighted by molar-refractivity contribution is -0.137. The van der Waals surface area contributed by atoms with E-state index in [2.05, 4.69) is 10.2 Å². The van der Waals surface area contributed by atoms with Gasteiger partial charge in [0.2, 0.25) is 11.8 Å². The average molecular weight is 264 g/mol. The minimum absolute atomic E-state index is 0.00813. The molecular weight excluding hydrogens is 252 g/mol. The van der Waals surface area contributed by atoms with Crippen LogP contribution in [0.15, 0.2) is 33.6 Å². The first-order chi connectivity index (χ1) is 8.70. The van der Waals surface area contributed by atoms with Gasteiger partial charge in [-0.25, -0.2) is 0 Å². The van der Waals surface area contributed by atoms with Crippen molar-refractivity contribution in [2.24, 2.45) is 0 Å². The molecule has 0 radical (unpaired) electrons. The fraction of sp³-hybridized carbons (Fsp3) is 0.250. The van der Waals surface area contributed by atoms with Gasteiger partial charge >= 0.3 is 5.97 Å². The largest absolute Gasteiger partial charge is 0.481 e. The van der Waals surface area contributed by atoms with Crippen molar-refractivity contribution in [3.8, 4) is 11.5 Å². The van der Waals surface area contributed by atoms with Crippen LogP contribution in [-0.2, 0) is 11.2 Å². The molecule has 18 heavy (non-hydrogen) atoms. The van der Waals surface area contributed by atoms with Crippen LogP contribution in [0, 0.1) is 0 Å². The third kappa shape index (κ3) is 2.89. The summed E-state index contributed by atoms with van der Waals surface area (Å²) in [4.78, 5) is 11.5. The van der Waals surface area contributed by atoms with Gasteiger partial charge in [-0.05, 0) is 18.4 Å². The van der Waals surface area contributed by atoms with Gasteiger partial charge in [0.15, 0.2) is 0 Å². The zero-order valence-electron chi connectivity index (χ0n) is 9.79. The van der Waals surface area contributed by atoms with Crippen LogP contribution in [0.4, 0.5) is 0 Å². The Hall–Kier alpha value is -1.82. The number of aryl methyl sites for hydroxylation is 1. The van der Waals surface area contributed by atoms with E-state index in [9.17, 15) is 4.79 Å². The van der Waals surface area contributed by atoms with Gasteiger partial charge in [-0.3, -0.25) is 4.79 Å². The predicted molar refractivity (Wildman–Crippen MR) is 67.5 cm³/mol. The Labute approximate surface area is 108 Å². The smallest absolute Gasteiger partial charge is 0.303 e. The summed E-state index contributed by atoms with van der Waals surface area (Å²) in [5.74, 6) is -0.0945. The standard InChI is InChI=1S/C12H12N2O3S/c1-18-9-5-3-2-4-8(9)12-14-13-10(17-12)6-7-11(15)16/h2-5H,6-7H2,1H3,(H,15,16). The Kier molecular flexibility index (Phi) is 3.99. The predicted octanol–water partition coefficient (Wildman–Crippen LogP) is 2.48. The molecule has 0 spiro atoms. The summed E-state index contributed by atoms with van der Waals surface area (Å²) in [5, 5.41) is 16.4. The summed E-state index contributed by atoms with van der Waals surface area (Å²) in [6.45, 7) is 0. The minimum atomic E-state index is -0.876. The number of benzene rings is 1. The van der Waals surface area contributed by atoms with Crippen molar-refractivity contribution in [2.45, 2.75) is 17.7 Å². The molecule has 0 atom stereocenters. The van der Waals surface area contributed by atoms with Crippen molar-refractivity contribution >= 4 is 17.7 Å². The normalized spacial score (nSPS) is 10.5. The molecule has 1 N–H and O–H groups in total. The Morgan fingerprint density at radius 1 is 1.39 bits per heavy atom. The number of thioether (sulfide) groups is 1. The second-order valence-electron chi connectivity index (χ2n) is 3.59. The van der Waals surface area contributed by atoms with E-state index in [0.29, 0.717) is 11.8 Å². The van der Waals surface area contributed by atoms with Gasteiger partial charge in [-0.15, -0.1) is 22.0 Å². The van der Waals surface area contributed by atoms with E-state index in [1.165, 1.54) is 0 Å². The van der Waals surface area contributed by atoms with E-state index in [4.69, 9.17) is 9.52 Å². The number of carbonyl (C=O) groups is 1. The molecule has 0 saturated carbocycles. The van der Waals surface area contributed by atoms with Crippen LogP contribution in [-0.4, -0.2) is 27.5 Å². The second-order valence-corrected chi connectivity index (χ2v) is 4.44. The molecule has 2 rings (SSSR count). The molecule has 1 aromatic carbocycles. The molecule has 6 heteroatoms. The summed E-state index contributed by atoms with van der Waals surface area (Å²) in [7, 11) is 0. The van der Waals surface area contributed by atoms with Crippen molar-refractivity contribution in [3.63, 3.8) is 0 Å². The maximum Gasteiger partial charge on any atom is 0.303 e. The first-order valence-electron chi connectivity index (χ1n) is 5.38. The first kappa shape index (κ1) is 12.6. The van der Waals surface area contributed by atoms with Gasteiger partial charge in [-0.2, -0.15) is 0 Å².